The second-order valence-electron chi connectivity index (χ2n) is 16.0. The number of ether oxygens (including phenoxy) is 1. The van der Waals surface area contributed by atoms with Gasteiger partial charge in [0.15, 0.2) is 5.65 Å². The molecule has 0 aliphatic carbocycles. The number of imide groups is 1. The average molecular weight is 769 g/mol. The van der Waals surface area contributed by atoms with E-state index in [1.54, 1.807) is 11.2 Å². The molecular formula is C44H52N10O3. The number of anilines is 2. The Kier molecular flexibility index (Phi) is 10.9. The van der Waals surface area contributed by atoms with Crippen molar-refractivity contribution in [2.45, 2.75) is 62.9 Å². The number of carbonyl (C=O) groups is 2. The standard InChI is InChI=1S/C44H52N10O3/c45-42-40-41(33-9-13-38(14-10-33)57-37-5-2-1-3-6-37)49-54(43(40)47-30-46-42)35-18-26-52(27-19-35)36-17-25-51(29-36)22-4-21-50-23-15-32(16-24-50)31-7-11-34(12-8-31)53-28-20-39(55)48-44(53)56/h1-3,5-14,30,32,35-36H,4,15-29H2,(H2,45,46,47)(H,48,55,56). The number of carbonyl (C=O) groups excluding carboxylic acids is 2. The Morgan fingerprint density at radius 3 is 2.19 bits per heavy atom. The van der Waals surface area contributed by atoms with E-state index in [-0.39, 0.29) is 18.0 Å². The number of fused-ring (bicyclic) bond motifs is 1. The third kappa shape index (κ3) is 8.23. The maximum absolute atomic E-state index is 12.2. The van der Waals surface area contributed by atoms with Crippen molar-refractivity contribution in [1.82, 2.24) is 39.8 Å². The topological polar surface area (TPSA) is 138 Å². The summed E-state index contributed by atoms with van der Waals surface area (Å²) in [5.74, 6) is 2.36. The molecule has 296 valence electrons. The van der Waals surface area contributed by atoms with Gasteiger partial charge in [-0.15, -0.1) is 0 Å². The first-order chi connectivity index (χ1) is 27.9. The molecular weight excluding hydrogens is 717 g/mol. The Morgan fingerprint density at radius 1 is 0.737 bits per heavy atom. The molecule has 4 saturated heterocycles. The number of likely N-dealkylation sites (tertiary alicyclic amines) is 3. The van der Waals surface area contributed by atoms with Crippen molar-refractivity contribution in [3.05, 3.63) is 90.8 Å². The van der Waals surface area contributed by atoms with Gasteiger partial charge in [0.25, 0.3) is 0 Å². The molecule has 0 spiro atoms. The number of aromatic nitrogens is 4. The van der Waals surface area contributed by atoms with E-state index in [9.17, 15) is 9.59 Å². The van der Waals surface area contributed by atoms with Crippen LogP contribution >= 0.6 is 0 Å². The molecule has 3 aromatic carbocycles. The van der Waals surface area contributed by atoms with Crippen LogP contribution in [0.2, 0.25) is 0 Å². The molecule has 57 heavy (non-hydrogen) atoms. The molecule has 4 aliphatic rings. The summed E-state index contributed by atoms with van der Waals surface area (Å²) in [6.45, 7) is 9.44. The highest BCUT2D eigenvalue weighted by atomic mass is 16.5. The van der Waals surface area contributed by atoms with Crippen LogP contribution in [-0.4, -0.2) is 111 Å². The Labute approximate surface area is 333 Å². The highest BCUT2D eigenvalue weighted by molar-refractivity contribution is 6.05. The monoisotopic (exact) mass is 768 g/mol. The number of nitrogens with two attached hydrogens (primary N) is 1. The molecule has 4 fully saturated rings. The molecule has 1 atom stereocenters. The summed E-state index contributed by atoms with van der Waals surface area (Å²) in [5.41, 5.74) is 11.2. The molecule has 0 radical (unpaired) electrons. The van der Waals surface area contributed by atoms with Crippen LogP contribution in [0.1, 0.15) is 62.5 Å². The van der Waals surface area contributed by atoms with Crippen molar-refractivity contribution in [3.8, 4) is 22.8 Å². The Morgan fingerprint density at radius 2 is 1.44 bits per heavy atom. The van der Waals surface area contributed by atoms with Gasteiger partial charge in [0.05, 0.1) is 11.4 Å². The van der Waals surface area contributed by atoms with E-state index >= 15 is 0 Å². The van der Waals surface area contributed by atoms with Crippen molar-refractivity contribution in [2.24, 2.45) is 0 Å². The summed E-state index contributed by atoms with van der Waals surface area (Å²) in [4.78, 5) is 42.4. The molecule has 6 heterocycles. The fraction of sp³-hybridized carbons (Fsp3) is 0.432. The lowest BCUT2D eigenvalue weighted by atomic mass is 9.89. The summed E-state index contributed by atoms with van der Waals surface area (Å²) in [6, 6.07) is 26.7. The number of rotatable bonds is 11. The first-order valence-corrected chi connectivity index (χ1v) is 20.7. The van der Waals surface area contributed by atoms with E-state index in [1.165, 1.54) is 24.9 Å². The largest absolute Gasteiger partial charge is 0.457 e. The molecule has 3 N–H and O–H groups in total. The molecule has 13 heteroatoms. The summed E-state index contributed by atoms with van der Waals surface area (Å²) in [6.07, 6.45) is 8.70. The smallest absolute Gasteiger partial charge is 0.328 e. The van der Waals surface area contributed by atoms with Gasteiger partial charge in [-0.05, 0) is 131 Å². The zero-order chi connectivity index (χ0) is 38.7. The summed E-state index contributed by atoms with van der Waals surface area (Å²) in [5, 5.41) is 8.37. The Balaban J connectivity index is 0.728. The van der Waals surface area contributed by atoms with Crippen LogP contribution in [0.5, 0.6) is 11.5 Å². The third-order valence-electron chi connectivity index (χ3n) is 12.5. The lowest BCUT2D eigenvalue weighted by Crippen LogP contribution is -2.49. The minimum atomic E-state index is -0.330. The molecule has 0 bridgehead atoms. The Hall–Kier alpha value is -5.37. The van der Waals surface area contributed by atoms with Crippen molar-refractivity contribution in [1.29, 1.82) is 0 Å². The van der Waals surface area contributed by atoms with Gasteiger partial charge in [0.1, 0.15) is 29.3 Å². The second kappa shape index (κ2) is 16.6. The number of piperidine rings is 2. The molecule has 9 rings (SSSR count). The molecule has 1 unspecified atom stereocenters. The second-order valence-corrected chi connectivity index (χ2v) is 16.0. The number of amides is 3. The third-order valence-corrected chi connectivity index (χ3v) is 12.5. The van der Waals surface area contributed by atoms with Crippen LogP contribution < -0.4 is 20.7 Å². The van der Waals surface area contributed by atoms with Gasteiger partial charge in [0.2, 0.25) is 5.91 Å². The zero-order valence-corrected chi connectivity index (χ0v) is 32.5. The molecule has 2 aromatic heterocycles. The average Bonchev–Trinajstić information content (AvgIpc) is 3.88. The highest BCUT2D eigenvalue weighted by Gasteiger charge is 2.33. The van der Waals surface area contributed by atoms with Gasteiger partial charge in [-0.1, -0.05) is 30.3 Å². The molecule has 0 saturated carbocycles. The van der Waals surface area contributed by atoms with Crippen LogP contribution in [0.4, 0.5) is 16.3 Å². The minimum absolute atomic E-state index is 0.204. The zero-order valence-electron chi connectivity index (χ0n) is 32.5. The maximum Gasteiger partial charge on any atom is 0.328 e. The van der Waals surface area contributed by atoms with Gasteiger partial charge in [-0.25, -0.2) is 19.4 Å². The Bertz CT molecular complexity index is 2160. The number of para-hydroxylation sites is 1. The molecule has 4 aliphatic heterocycles. The van der Waals surface area contributed by atoms with E-state index in [0.29, 0.717) is 30.7 Å². The molecule has 13 nitrogen and oxygen atoms in total. The normalized spacial score (nSPS) is 20.7. The molecule has 3 amide bonds. The van der Waals surface area contributed by atoms with Crippen molar-refractivity contribution in [2.75, 3.05) is 69.5 Å². The van der Waals surface area contributed by atoms with Crippen LogP contribution in [0.15, 0.2) is 85.2 Å². The van der Waals surface area contributed by atoms with Gasteiger partial charge >= 0.3 is 6.03 Å². The van der Waals surface area contributed by atoms with Crippen LogP contribution in [-0.2, 0) is 4.79 Å². The molecule has 5 aromatic rings. The predicted molar refractivity (Wildman–Crippen MR) is 221 cm³/mol. The van der Waals surface area contributed by atoms with E-state index < -0.39 is 0 Å². The van der Waals surface area contributed by atoms with E-state index in [1.807, 2.05) is 66.7 Å². The van der Waals surface area contributed by atoms with E-state index in [2.05, 4.69) is 46.8 Å². The van der Waals surface area contributed by atoms with Crippen molar-refractivity contribution in [3.63, 3.8) is 0 Å². The lowest BCUT2D eigenvalue weighted by molar-refractivity contribution is -0.120. The highest BCUT2D eigenvalue weighted by Crippen LogP contribution is 2.36. The summed E-state index contributed by atoms with van der Waals surface area (Å²) in [7, 11) is 0. The first kappa shape index (κ1) is 37.2. The summed E-state index contributed by atoms with van der Waals surface area (Å²) >= 11 is 0. The fourth-order valence-electron chi connectivity index (χ4n) is 9.31. The van der Waals surface area contributed by atoms with Gasteiger partial charge in [-0.2, -0.15) is 5.10 Å². The number of nitrogens with one attached hydrogen (secondary N) is 1. The predicted octanol–water partition coefficient (Wildman–Crippen LogP) is 6.30. The van der Waals surface area contributed by atoms with Crippen LogP contribution in [0.25, 0.3) is 22.3 Å². The maximum atomic E-state index is 12.2. The minimum Gasteiger partial charge on any atom is -0.457 e. The number of benzene rings is 3. The summed E-state index contributed by atoms with van der Waals surface area (Å²) < 4.78 is 8.13. The van der Waals surface area contributed by atoms with Gasteiger partial charge < -0.3 is 20.3 Å². The number of hydrogen-bond donors (Lipinski definition) is 2. The van der Waals surface area contributed by atoms with Crippen molar-refractivity contribution < 1.29 is 14.3 Å². The van der Waals surface area contributed by atoms with Crippen LogP contribution in [0.3, 0.4) is 0 Å². The number of nitrogen functional groups attached to an aromatic ring is 1. The van der Waals surface area contributed by atoms with Gasteiger partial charge in [0, 0.05) is 49.9 Å². The van der Waals surface area contributed by atoms with Gasteiger partial charge in [-0.3, -0.25) is 19.9 Å². The quantitative estimate of drug-likeness (QED) is 0.158. The van der Waals surface area contributed by atoms with E-state index in [4.69, 9.17) is 15.6 Å². The number of nitrogens with zero attached hydrogens (tertiary/aromatic N) is 8. The number of hydrogen-bond acceptors (Lipinski definition) is 10. The fourth-order valence-corrected chi connectivity index (χ4v) is 9.31. The number of urea groups is 1. The SMILES string of the molecule is Nc1ncnc2c1c(-c1ccc(Oc3ccccc3)cc1)nn2C1CCN(C2CCN(CCCN3CCC(c4ccc(N5CCC(=O)NC5=O)cc4)CC3)C2)CC1. The van der Waals surface area contributed by atoms with Crippen molar-refractivity contribution >= 4 is 34.5 Å². The first-order valence-electron chi connectivity index (χ1n) is 20.7. The van der Waals surface area contributed by atoms with E-state index in [0.717, 1.165) is 111 Å². The van der Waals surface area contributed by atoms with Crippen LogP contribution in [0, 0.1) is 0 Å². The lowest BCUT2D eigenvalue weighted by Gasteiger charge is -2.36.